The number of rotatable bonds is 2. The highest BCUT2D eigenvalue weighted by molar-refractivity contribution is 5.49. The molecular weight excluding hydrogens is 212 g/mol. The number of piperidine rings is 1. The minimum atomic E-state index is 0.547. The second-order valence-electron chi connectivity index (χ2n) is 5.22. The lowest BCUT2D eigenvalue weighted by Crippen LogP contribution is -2.46. The van der Waals surface area contributed by atoms with Crippen molar-refractivity contribution >= 4 is 11.6 Å². The lowest BCUT2D eigenvalue weighted by atomic mass is 9.86. The Balaban J connectivity index is 2.24. The highest BCUT2D eigenvalue weighted by Gasteiger charge is 2.29. The lowest BCUT2D eigenvalue weighted by molar-refractivity contribution is 0.295. The maximum atomic E-state index is 4.41. The van der Waals surface area contributed by atoms with Crippen LogP contribution in [0.2, 0.25) is 0 Å². The van der Waals surface area contributed by atoms with E-state index in [1.54, 1.807) is 6.33 Å². The van der Waals surface area contributed by atoms with E-state index in [4.69, 9.17) is 0 Å². The topological polar surface area (TPSA) is 41.0 Å². The first-order chi connectivity index (χ1) is 8.11. The van der Waals surface area contributed by atoms with Gasteiger partial charge in [0.15, 0.2) is 0 Å². The van der Waals surface area contributed by atoms with Crippen molar-refractivity contribution in [2.24, 2.45) is 11.8 Å². The summed E-state index contributed by atoms with van der Waals surface area (Å²) in [6.45, 7) is 8.02. The van der Waals surface area contributed by atoms with E-state index in [1.807, 2.05) is 13.1 Å². The molecule has 0 radical (unpaired) electrons. The number of nitrogens with zero attached hydrogens (tertiary/aromatic N) is 3. The quantitative estimate of drug-likeness (QED) is 0.853. The van der Waals surface area contributed by atoms with Crippen molar-refractivity contribution < 1.29 is 0 Å². The third-order valence-electron chi connectivity index (χ3n) is 3.80. The second kappa shape index (κ2) is 4.90. The monoisotopic (exact) mass is 234 g/mol. The van der Waals surface area contributed by atoms with Crippen LogP contribution in [0.15, 0.2) is 12.4 Å². The summed E-state index contributed by atoms with van der Waals surface area (Å²) in [5.41, 5.74) is 0. The fourth-order valence-corrected chi connectivity index (χ4v) is 2.66. The molecule has 0 aliphatic carbocycles. The summed E-state index contributed by atoms with van der Waals surface area (Å²) in [4.78, 5) is 11.0. The SMILES string of the molecule is CNc1cc(N2CC(C)CC(C)C2C)ncn1. The van der Waals surface area contributed by atoms with E-state index in [0.29, 0.717) is 12.0 Å². The predicted molar refractivity (Wildman–Crippen MR) is 71.3 cm³/mol. The fourth-order valence-electron chi connectivity index (χ4n) is 2.66. The van der Waals surface area contributed by atoms with E-state index < -0.39 is 0 Å². The zero-order valence-electron chi connectivity index (χ0n) is 11.1. The first-order valence-electron chi connectivity index (χ1n) is 6.38. The summed E-state index contributed by atoms with van der Waals surface area (Å²) in [7, 11) is 1.89. The van der Waals surface area contributed by atoms with E-state index >= 15 is 0 Å². The van der Waals surface area contributed by atoms with Crippen LogP contribution in [0.25, 0.3) is 0 Å². The predicted octanol–water partition coefficient (Wildman–Crippen LogP) is 2.39. The Morgan fingerprint density at radius 2 is 2.06 bits per heavy atom. The van der Waals surface area contributed by atoms with Crippen molar-refractivity contribution in [3.8, 4) is 0 Å². The molecule has 0 saturated carbocycles. The van der Waals surface area contributed by atoms with Gasteiger partial charge in [0, 0.05) is 25.7 Å². The van der Waals surface area contributed by atoms with Crippen LogP contribution in [0.4, 0.5) is 11.6 Å². The third kappa shape index (κ3) is 2.51. The van der Waals surface area contributed by atoms with Gasteiger partial charge in [0.25, 0.3) is 0 Å². The van der Waals surface area contributed by atoms with Gasteiger partial charge in [-0.25, -0.2) is 9.97 Å². The molecule has 4 heteroatoms. The van der Waals surface area contributed by atoms with E-state index in [9.17, 15) is 0 Å². The van der Waals surface area contributed by atoms with Crippen LogP contribution in [0.5, 0.6) is 0 Å². The van der Waals surface area contributed by atoms with E-state index in [1.165, 1.54) is 6.42 Å². The van der Waals surface area contributed by atoms with Crippen molar-refractivity contribution in [2.75, 3.05) is 23.8 Å². The molecular formula is C13H22N4. The van der Waals surface area contributed by atoms with Crippen molar-refractivity contribution in [3.05, 3.63) is 12.4 Å². The molecule has 0 bridgehead atoms. The molecule has 2 heterocycles. The van der Waals surface area contributed by atoms with Gasteiger partial charge in [-0.05, 0) is 25.2 Å². The summed E-state index contributed by atoms with van der Waals surface area (Å²) in [6, 6.07) is 2.58. The molecule has 1 saturated heterocycles. The Morgan fingerprint density at radius 1 is 1.29 bits per heavy atom. The molecule has 2 rings (SSSR count). The van der Waals surface area contributed by atoms with Gasteiger partial charge in [0.1, 0.15) is 18.0 Å². The molecule has 0 spiro atoms. The number of anilines is 2. The summed E-state index contributed by atoms with van der Waals surface area (Å²) in [6.07, 6.45) is 2.94. The van der Waals surface area contributed by atoms with Crippen molar-refractivity contribution in [3.63, 3.8) is 0 Å². The smallest absolute Gasteiger partial charge is 0.134 e. The standard InChI is InChI=1S/C13H22N4/c1-9-5-10(2)11(3)17(7-9)13-6-12(14-4)15-8-16-13/h6,8-11H,5,7H2,1-4H3,(H,14,15,16). The van der Waals surface area contributed by atoms with Crippen LogP contribution in [0, 0.1) is 11.8 Å². The average Bonchev–Trinajstić information content (AvgIpc) is 2.34. The Bertz CT molecular complexity index is 379. The van der Waals surface area contributed by atoms with Crippen molar-refractivity contribution in [1.29, 1.82) is 0 Å². The van der Waals surface area contributed by atoms with Crippen LogP contribution in [-0.4, -0.2) is 29.6 Å². The fraction of sp³-hybridized carbons (Fsp3) is 0.692. The van der Waals surface area contributed by atoms with Crippen LogP contribution in [0.3, 0.4) is 0 Å². The van der Waals surface area contributed by atoms with Gasteiger partial charge in [-0.15, -0.1) is 0 Å². The molecule has 3 unspecified atom stereocenters. The number of hydrogen-bond acceptors (Lipinski definition) is 4. The Hall–Kier alpha value is -1.32. The first kappa shape index (κ1) is 12.1. The largest absolute Gasteiger partial charge is 0.373 e. The summed E-state index contributed by atoms with van der Waals surface area (Å²) >= 11 is 0. The summed E-state index contributed by atoms with van der Waals surface area (Å²) in [5, 5.41) is 3.07. The number of hydrogen-bond donors (Lipinski definition) is 1. The minimum absolute atomic E-state index is 0.547. The van der Waals surface area contributed by atoms with Crippen LogP contribution in [-0.2, 0) is 0 Å². The van der Waals surface area contributed by atoms with Gasteiger partial charge in [-0.3, -0.25) is 0 Å². The van der Waals surface area contributed by atoms with Gasteiger partial charge in [0.05, 0.1) is 0 Å². The van der Waals surface area contributed by atoms with E-state index in [0.717, 1.165) is 24.1 Å². The van der Waals surface area contributed by atoms with Gasteiger partial charge >= 0.3 is 0 Å². The van der Waals surface area contributed by atoms with Gasteiger partial charge in [0.2, 0.25) is 0 Å². The Kier molecular flexibility index (Phi) is 3.50. The molecule has 1 aliphatic rings. The normalized spacial score (nSPS) is 29.2. The zero-order chi connectivity index (χ0) is 12.4. The molecule has 4 nitrogen and oxygen atoms in total. The van der Waals surface area contributed by atoms with Gasteiger partial charge in [-0.2, -0.15) is 0 Å². The maximum Gasteiger partial charge on any atom is 0.134 e. The Morgan fingerprint density at radius 3 is 2.76 bits per heavy atom. The summed E-state index contributed by atoms with van der Waals surface area (Å²) < 4.78 is 0. The highest BCUT2D eigenvalue weighted by Crippen LogP contribution is 2.30. The molecule has 1 aliphatic heterocycles. The number of aromatic nitrogens is 2. The molecule has 1 aromatic heterocycles. The number of nitrogens with one attached hydrogen (secondary N) is 1. The third-order valence-corrected chi connectivity index (χ3v) is 3.80. The first-order valence-corrected chi connectivity index (χ1v) is 6.38. The van der Waals surface area contributed by atoms with Crippen molar-refractivity contribution in [1.82, 2.24) is 9.97 Å². The maximum absolute atomic E-state index is 4.41. The van der Waals surface area contributed by atoms with Crippen molar-refractivity contribution in [2.45, 2.75) is 33.2 Å². The zero-order valence-corrected chi connectivity index (χ0v) is 11.1. The van der Waals surface area contributed by atoms with E-state index in [-0.39, 0.29) is 0 Å². The molecule has 3 atom stereocenters. The highest BCUT2D eigenvalue weighted by atomic mass is 15.2. The lowest BCUT2D eigenvalue weighted by Gasteiger charge is -2.41. The summed E-state index contributed by atoms with van der Waals surface area (Å²) in [5.74, 6) is 3.37. The average molecular weight is 234 g/mol. The molecule has 17 heavy (non-hydrogen) atoms. The molecule has 0 amide bonds. The van der Waals surface area contributed by atoms with Crippen LogP contribution in [0.1, 0.15) is 27.2 Å². The second-order valence-corrected chi connectivity index (χ2v) is 5.22. The Labute approximate surface area is 103 Å². The molecule has 1 aromatic rings. The van der Waals surface area contributed by atoms with Gasteiger partial charge in [-0.1, -0.05) is 13.8 Å². The van der Waals surface area contributed by atoms with E-state index in [2.05, 4.69) is 41.0 Å². The molecule has 1 N–H and O–H groups in total. The van der Waals surface area contributed by atoms with Gasteiger partial charge < -0.3 is 10.2 Å². The molecule has 1 fully saturated rings. The van der Waals surface area contributed by atoms with Crippen LogP contribution >= 0.6 is 0 Å². The minimum Gasteiger partial charge on any atom is -0.373 e. The molecule has 0 aromatic carbocycles. The molecule has 94 valence electrons. The van der Waals surface area contributed by atoms with Crippen LogP contribution < -0.4 is 10.2 Å².